The van der Waals surface area contributed by atoms with Crippen molar-refractivity contribution in [1.82, 2.24) is 14.9 Å². The summed E-state index contributed by atoms with van der Waals surface area (Å²) in [6.45, 7) is 0. The van der Waals surface area contributed by atoms with E-state index in [4.69, 9.17) is 0 Å². The van der Waals surface area contributed by atoms with Crippen LogP contribution in [0.5, 0.6) is 0 Å². The number of hydrogen-bond acceptors (Lipinski definition) is 3. The van der Waals surface area contributed by atoms with Crippen LogP contribution in [0.1, 0.15) is 24.4 Å². The highest BCUT2D eigenvalue weighted by Crippen LogP contribution is 2.41. The van der Waals surface area contributed by atoms with Gasteiger partial charge in [0.25, 0.3) is 0 Å². The summed E-state index contributed by atoms with van der Waals surface area (Å²) in [4.78, 5) is 5.50. The topological polar surface area (TPSA) is 42.7 Å². The Hall–Kier alpha value is -1.91. The second kappa shape index (κ2) is 4.16. The first kappa shape index (κ1) is 10.3. The van der Waals surface area contributed by atoms with Crippen molar-refractivity contribution in [2.75, 3.05) is 5.43 Å². The Morgan fingerprint density at radius 2 is 2.06 bits per heavy atom. The maximum atomic E-state index is 12.9. The van der Waals surface area contributed by atoms with Gasteiger partial charge in [0.05, 0.1) is 6.04 Å². The van der Waals surface area contributed by atoms with E-state index < -0.39 is 0 Å². The zero-order valence-corrected chi connectivity index (χ0v) is 9.25. The quantitative estimate of drug-likeness (QED) is 0.878. The second-order valence-electron chi connectivity index (χ2n) is 4.34. The maximum absolute atomic E-state index is 12.9. The van der Waals surface area contributed by atoms with Crippen LogP contribution in [0.15, 0.2) is 36.9 Å². The predicted octanol–water partition coefficient (Wildman–Crippen LogP) is 2.11. The Kier molecular flexibility index (Phi) is 2.51. The molecule has 1 aromatic carbocycles. The summed E-state index contributed by atoms with van der Waals surface area (Å²) in [5.74, 6) is 0.397. The second-order valence-corrected chi connectivity index (χ2v) is 4.34. The van der Waals surface area contributed by atoms with Gasteiger partial charge in [-0.1, -0.05) is 12.1 Å². The fraction of sp³-hybridized carbons (Fsp3) is 0.333. The van der Waals surface area contributed by atoms with Crippen molar-refractivity contribution < 1.29 is 4.39 Å². The first-order chi connectivity index (χ1) is 8.33. The molecule has 1 aliphatic carbocycles. The number of nitrogens with one attached hydrogen (secondary N) is 1. The Bertz CT molecular complexity index is 476. The zero-order chi connectivity index (χ0) is 11.7. The van der Waals surface area contributed by atoms with Gasteiger partial charge in [-0.25, -0.2) is 9.37 Å². The minimum Gasteiger partial charge on any atom is -0.301 e. The van der Waals surface area contributed by atoms with Gasteiger partial charge < -0.3 is 5.43 Å². The third kappa shape index (κ3) is 2.27. The van der Waals surface area contributed by atoms with Crippen LogP contribution in [0.3, 0.4) is 0 Å². The van der Waals surface area contributed by atoms with Crippen LogP contribution in [0, 0.1) is 11.7 Å². The van der Waals surface area contributed by atoms with E-state index in [1.165, 1.54) is 31.3 Å². The Morgan fingerprint density at radius 1 is 1.29 bits per heavy atom. The lowest BCUT2D eigenvalue weighted by Gasteiger charge is -2.19. The van der Waals surface area contributed by atoms with Gasteiger partial charge in [-0.3, -0.25) is 0 Å². The first-order valence-electron chi connectivity index (χ1n) is 5.69. The van der Waals surface area contributed by atoms with Crippen molar-refractivity contribution in [2.45, 2.75) is 18.9 Å². The Balaban J connectivity index is 1.82. The first-order valence-corrected chi connectivity index (χ1v) is 5.69. The summed E-state index contributed by atoms with van der Waals surface area (Å²) >= 11 is 0. The molecule has 1 atom stereocenters. The van der Waals surface area contributed by atoms with Crippen molar-refractivity contribution in [1.29, 1.82) is 0 Å². The van der Waals surface area contributed by atoms with Gasteiger partial charge in [-0.15, -0.1) is 5.10 Å². The van der Waals surface area contributed by atoms with Crippen molar-refractivity contribution in [3.8, 4) is 0 Å². The van der Waals surface area contributed by atoms with Crippen molar-refractivity contribution in [3.63, 3.8) is 0 Å². The van der Waals surface area contributed by atoms with E-state index in [2.05, 4.69) is 15.5 Å². The lowest BCUT2D eigenvalue weighted by molar-refractivity contribution is 0.566. The minimum atomic E-state index is -0.205. The molecule has 1 aliphatic rings. The summed E-state index contributed by atoms with van der Waals surface area (Å²) < 4.78 is 12.9. The predicted molar refractivity (Wildman–Crippen MR) is 61.2 cm³/mol. The summed E-state index contributed by atoms with van der Waals surface area (Å²) in [5, 5.41) is 4.03. The number of halogens is 1. The number of rotatable bonds is 4. The highest BCUT2D eigenvalue weighted by molar-refractivity contribution is 5.24. The van der Waals surface area contributed by atoms with E-state index in [0.29, 0.717) is 5.92 Å². The normalized spacial score (nSPS) is 16.8. The van der Waals surface area contributed by atoms with Crippen LogP contribution in [-0.2, 0) is 0 Å². The highest BCUT2D eigenvalue weighted by atomic mass is 19.1. The molecule has 88 valence electrons. The summed E-state index contributed by atoms with van der Waals surface area (Å²) in [6.07, 6.45) is 5.51. The smallest absolute Gasteiger partial charge is 0.139 e. The fourth-order valence-corrected chi connectivity index (χ4v) is 1.97. The molecule has 1 saturated carbocycles. The van der Waals surface area contributed by atoms with Crippen LogP contribution >= 0.6 is 0 Å². The molecule has 5 heteroatoms. The van der Waals surface area contributed by atoms with Crippen LogP contribution in [0.4, 0.5) is 4.39 Å². The van der Waals surface area contributed by atoms with Gasteiger partial charge in [0, 0.05) is 0 Å². The van der Waals surface area contributed by atoms with Crippen LogP contribution in [0.2, 0.25) is 0 Å². The largest absolute Gasteiger partial charge is 0.301 e. The molecule has 0 aliphatic heterocycles. The monoisotopic (exact) mass is 232 g/mol. The molecule has 3 rings (SSSR count). The van der Waals surface area contributed by atoms with Crippen molar-refractivity contribution >= 4 is 0 Å². The molecule has 0 amide bonds. The number of aromatic nitrogens is 3. The average Bonchev–Trinajstić information content (AvgIpc) is 3.05. The van der Waals surface area contributed by atoms with Crippen LogP contribution < -0.4 is 5.43 Å². The van der Waals surface area contributed by atoms with E-state index in [9.17, 15) is 4.39 Å². The Labute approximate surface area is 98.5 Å². The standard InChI is InChI=1S/C12H13FN4/c13-11-5-3-10(4-6-11)12(9-1-2-9)16-17-8-14-7-15-17/h3-9,12,16H,1-2H2. The molecular formula is C12H13FN4. The van der Waals surface area contributed by atoms with E-state index >= 15 is 0 Å². The molecule has 1 unspecified atom stereocenters. The number of benzene rings is 1. The lowest BCUT2D eigenvalue weighted by atomic mass is 10.0. The molecule has 0 saturated heterocycles. The summed E-state index contributed by atoms with van der Waals surface area (Å²) in [5.41, 5.74) is 4.36. The third-order valence-electron chi connectivity index (χ3n) is 3.01. The van der Waals surface area contributed by atoms with Gasteiger partial charge in [0.2, 0.25) is 0 Å². The third-order valence-corrected chi connectivity index (χ3v) is 3.01. The zero-order valence-electron chi connectivity index (χ0n) is 9.25. The fourth-order valence-electron chi connectivity index (χ4n) is 1.97. The highest BCUT2D eigenvalue weighted by Gasteiger charge is 2.32. The molecule has 2 aromatic rings. The molecule has 17 heavy (non-hydrogen) atoms. The van der Waals surface area contributed by atoms with Crippen molar-refractivity contribution in [3.05, 3.63) is 48.3 Å². The van der Waals surface area contributed by atoms with Crippen LogP contribution in [0.25, 0.3) is 0 Å². The minimum absolute atomic E-state index is 0.178. The molecule has 1 aromatic heterocycles. The van der Waals surface area contributed by atoms with Gasteiger partial charge >= 0.3 is 0 Å². The number of hydrogen-bond donors (Lipinski definition) is 1. The van der Waals surface area contributed by atoms with Gasteiger partial charge in [-0.2, -0.15) is 4.79 Å². The molecule has 1 fully saturated rings. The van der Waals surface area contributed by atoms with Gasteiger partial charge in [0.1, 0.15) is 18.5 Å². The van der Waals surface area contributed by atoms with Crippen LogP contribution in [-0.4, -0.2) is 14.9 Å². The average molecular weight is 232 g/mol. The van der Waals surface area contributed by atoms with Gasteiger partial charge in [0.15, 0.2) is 0 Å². The molecule has 0 bridgehead atoms. The van der Waals surface area contributed by atoms with E-state index in [0.717, 1.165) is 5.56 Å². The molecule has 0 spiro atoms. The Morgan fingerprint density at radius 3 is 2.65 bits per heavy atom. The molecule has 4 nitrogen and oxygen atoms in total. The SMILES string of the molecule is Fc1ccc(C(Nn2cncn2)C2CC2)cc1. The maximum Gasteiger partial charge on any atom is 0.139 e. The summed E-state index contributed by atoms with van der Waals surface area (Å²) in [6, 6.07) is 6.81. The van der Waals surface area contributed by atoms with E-state index in [1.807, 2.05) is 12.1 Å². The van der Waals surface area contributed by atoms with E-state index in [-0.39, 0.29) is 11.9 Å². The van der Waals surface area contributed by atoms with Crippen molar-refractivity contribution in [2.24, 2.45) is 5.92 Å². The lowest BCUT2D eigenvalue weighted by Crippen LogP contribution is -2.23. The van der Waals surface area contributed by atoms with E-state index in [1.54, 1.807) is 11.1 Å². The molecule has 1 heterocycles. The summed E-state index contributed by atoms with van der Waals surface area (Å²) in [7, 11) is 0. The molecule has 1 N–H and O–H groups in total. The molecule has 0 radical (unpaired) electrons. The molecular weight excluding hydrogens is 219 g/mol. The van der Waals surface area contributed by atoms with Gasteiger partial charge in [-0.05, 0) is 36.5 Å². The number of nitrogens with zero attached hydrogens (tertiary/aromatic N) is 3.